The van der Waals surface area contributed by atoms with Crippen LogP contribution in [0.1, 0.15) is 17.0 Å². The summed E-state index contributed by atoms with van der Waals surface area (Å²) in [5.74, 6) is 0.510. The Morgan fingerprint density at radius 3 is 2.56 bits per heavy atom. The average molecular weight is 359 g/mol. The first-order chi connectivity index (χ1) is 13.1. The van der Waals surface area contributed by atoms with Crippen LogP contribution in [0.15, 0.2) is 64.8 Å². The van der Waals surface area contributed by atoms with E-state index in [1.54, 1.807) is 30.9 Å². The number of fused-ring (bicyclic) bond motifs is 3. The lowest BCUT2D eigenvalue weighted by Gasteiger charge is -2.27. The summed E-state index contributed by atoms with van der Waals surface area (Å²) >= 11 is 0. The predicted octanol–water partition coefficient (Wildman–Crippen LogP) is 2.77. The molecule has 0 aliphatic carbocycles. The number of nitriles is 1. The first kappa shape index (κ1) is 16.7. The Labute approximate surface area is 155 Å². The third-order valence-electron chi connectivity index (χ3n) is 4.91. The number of ether oxygens (including phenoxy) is 2. The van der Waals surface area contributed by atoms with Gasteiger partial charge in [-0.1, -0.05) is 24.3 Å². The van der Waals surface area contributed by atoms with Gasteiger partial charge in [0.15, 0.2) is 0 Å². The van der Waals surface area contributed by atoms with Gasteiger partial charge in [0.05, 0.1) is 24.1 Å². The lowest BCUT2D eigenvalue weighted by atomic mass is 9.83. The number of aromatic nitrogens is 1. The number of nitrogens with zero attached hydrogens (tertiary/aromatic N) is 2. The van der Waals surface area contributed by atoms with Gasteiger partial charge in [0, 0.05) is 12.4 Å². The van der Waals surface area contributed by atoms with E-state index in [-0.39, 0.29) is 17.0 Å². The largest absolute Gasteiger partial charge is 0.497 e. The molecule has 0 spiro atoms. The molecule has 134 valence electrons. The number of pyridine rings is 1. The first-order valence-electron chi connectivity index (χ1n) is 8.40. The molecule has 2 aromatic carbocycles. The number of aryl methyl sites for hydroxylation is 1. The van der Waals surface area contributed by atoms with E-state index in [4.69, 9.17) is 15.2 Å². The van der Waals surface area contributed by atoms with Crippen LogP contribution >= 0.6 is 0 Å². The van der Waals surface area contributed by atoms with Crippen molar-refractivity contribution in [1.82, 2.24) is 4.57 Å². The molecule has 6 heteroatoms. The molecule has 0 fully saturated rings. The molecule has 0 saturated carbocycles. The smallest absolute Gasteiger partial charge is 0.258 e. The molecule has 27 heavy (non-hydrogen) atoms. The highest BCUT2D eigenvalue weighted by atomic mass is 16.5. The van der Waals surface area contributed by atoms with Crippen molar-refractivity contribution in [3.05, 3.63) is 81.5 Å². The van der Waals surface area contributed by atoms with E-state index in [1.165, 1.54) is 0 Å². The van der Waals surface area contributed by atoms with E-state index in [0.717, 1.165) is 16.5 Å². The maximum Gasteiger partial charge on any atom is 0.258 e. The summed E-state index contributed by atoms with van der Waals surface area (Å²) in [7, 11) is 3.29. The second kappa shape index (κ2) is 6.22. The van der Waals surface area contributed by atoms with Crippen molar-refractivity contribution in [1.29, 1.82) is 5.26 Å². The number of hydrogen-bond acceptors (Lipinski definition) is 5. The zero-order valence-electron chi connectivity index (χ0n) is 14.9. The molecule has 2 N–H and O–H groups in total. The lowest BCUT2D eigenvalue weighted by molar-refractivity contribution is 0.395. The SMILES string of the molecule is COc1ccc([C@H]2C(C#N)=C(N)Oc3c2c(=O)n(C)c2ccccc32)cc1. The molecular formula is C21H17N3O3. The molecular weight excluding hydrogens is 342 g/mol. The third-order valence-corrected chi connectivity index (χ3v) is 4.91. The van der Waals surface area contributed by atoms with Crippen LogP contribution in [0.25, 0.3) is 10.9 Å². The summed E-state index contributed by atoms with van der Waals surface area (Å²) < 4.78 is 12.6. The summed E-state index contributed by atoms with van der Waals surface area (Å²) in [6.45, 7) is 0. The zero-order chi connectivity index (χ0) is 19.1. The number of allylic oxidation sites excluding steroid dienone is 1. The van der Waals surface area contributed by atoms with Crippen LogP contribution in [-0.4, -0.2) is 11.7 Å². The van der Waals surface area contributed by atoms with Gasteiger partial charge in [-0.2, -0.15) is 5.26 Å². The highest BCUT2D eigenvalue weighted by Crippen LogP contribution is 2.43. The van der Waals surface area contributed by atoms with Crippen LogP contribution in [0.3, 0.4) is 0 Å². The lowest BCUT2D eigenvalue weighted by Crippen LogP contribution is -2.31. The van der Waals surface area contributed by atoms with Gasteiger partial charge in [-0.05, 0) is 29.8 Å². The number of hydrogen-bond donors (Lipinski definition) is 1. The van der Waals surface area contributed by atoms with Crippen molar-refractivity contribution in [2.24, 2.45) is 12.8 Å². The van der Waals surface area contributed by atoms with Gasteiger partial charge >= 0.3 is 0 Å². The summed E-state index contributed by atoms with van der Waals surface area (Å²) in [5, 5.41) is 10.5. The second-order valence-electron chi connectivity index (χ2n) is 6.32. The highest BCUT2D eigenvalue weighted by Gasteiger charge is 2.35. The quantitative estimate of drug-likeness (QED) is 0.760. The van der Waals surface area contributed by atoms with E-state index in [9.17, 15) is 10.1 Å². The minimum Gasteiger partial charge on any atom is -0.497 e. The van der Waals surface area contributed by atoms with Crippen LogP contribution in [0.5, 0.6) is 11.5 Å². The summed E-state index contributed by atoms with van der Waals surface area (Å²) in [6, 6.07) is 16.8. The van der Waals surface area contributed by atoms with Crippen LogP contribution in [0.2, 0.25) is 0 Å². The molecule has 1 aliphatic heterocycles. The Hall–Kier alpha value is -3.72. The standard InChI is InChI=1S/C21H17N3O3/c1-24-16-6-4-3-5-14(16)19-18(21(24)25)17(15(11-22)20(23)27-19)12-7-9-13(26-2)10-8-12/h3-10,17H,23H2,1-2H3/t17-/m0/s1. The Morgan fingerprint density at radius 2 is 1.89 bits per heavy atom. The molecule has 0 saturated heterocycles. The van der Waals surface area contributed by atoms with Crippen LogP contribution in [-0.2, 0) is 7.05 Å². The monoisotopic (exact) mass is 359 g/mol. The van der Waals surface area contributed by atoms with Crippen LogP contribution < -0.4 is 20.8 Å². The van der Waals surface area contributed by atoms with Gasteiger partial charge in [-0.15, -0.1) is 0 Å². The van der Waals surface area contributed by atoms with Crippen molar-refractivity contribution < 1.29 is 9.47 Å². The van der Waals surface area contributed by atoms with Gasteiger partial charge in [-0.3, -0.25) is 4.79 Å². The predicted molar refractivity (Wildman–Crippen MR) is 101 cm³/mol. The average Bonchev–Trinajstić information content (AvgIpc) is 2.71. The summed E-state index contributed by atoms with van der Waals surface area (Å²) in [6.07, 6.45) is 0. The van der Waals surface area contributed by atoms with E-state index in [0.29, 0.717) is 17.1 Å². The maximum atomic E-state index is 13.2. The van der Waals surface area contributed by atoms with E-state index < -0.39 is 5.92 Å². The number of nitrogens with two attached hydrogens (primary N) is 1. The number of benzene rings is 2. The molecule has 0 unspecified atom stereocenters. The van der Waals surface area contributed by atoms with Gasteiger partial charge in [0.1, 0.15) is 23.1 Å². The number of methoxy groups -OCH3 is 1. The summed E-state index contributed by atoms with van der Waals surface area (Å²) in [5.41, 5.74) is 7.99. The van der Waals surface area contributed by atoms with Crippen LogP contribution in [0, 0.1) is 11.3 Å². The Bertz CT molecular complexity index is 1180. The van der Waals surface area contributed by atoms with E-state index in [1.807, 2.05) is 36.4 Å². The van der Waals surface area contributed by atoms with Gasteiger partial charge in [-0.25, -0.2) is 0 Å². The molecule has 0 bridgehead atoms. The molecule has 1 atom stereocenters. The normalized spacial score (nSPS) is 15.8. The first-order valence-corrected chi connectivity index (χ1v) is 8.40. The Kier molecular flexibility index (Phi) is 3.85. The Morgan fingerprint density at radius 1 is 1.19 bits per heavy atom. The van der Waals surface area contributed by atoms with Gasteiger partial charge < -0.3 is 19.8 Å². The molecule has 6 nitrogen and oxygen atoms in total. The second-order valence-corrected chi connectivity index (χ2v) is 6.32. The number of rotatable bonds is 2. The fourth-order valence-corrected chi connectivity index (χ4v) is 3.56. The van der Waals surface area contributed by atoms with Crippen molar-refractivity contribution in [3.8, 4) is 17.6 Å². The molecule has 2 heterocycles. The summed E-state index contributed by atoms with van der Waals surface area (Å²) in [4.78, 5) is 13.2. The van der Waals surface area contributed by atoms with Crippen molar-refractivity contribution in [2.75, 3.05) is 7.11 Å². The topological polar surface area (TPSA) is 90.3 Å². The van der Waals surface area contributed by atoms with Gasteiger partial charge in [0.2, 0.25) is 5.88 Å². The minimum absolute atomic E-state index is 0.0178. The maximum absolute atomic E-state index is 13.2. The van der Waals surface area contributed by atoms with Gasteiger partial charge in [0.25, 0.3) is 5.56 Å². The molecule has 0 amide bonds. The molecule has 3 aromatic rings. The molecule has 1 aliphatic rings. The van der Waals surface area contributed by atoms with Crippen molar-refractivity contribution in [3.63, 3.8) is 0 Å². The van der Waals surface area contributed by atoms with Crippen LogP contribution in [0.4, 0.5) is 0 Å². The fraction of sp³-hybridized carbons (Fsp3) is 0.143. The number of para-hydroxylation sites is 1. The molecule has 4 rings (SSSR count). The van der Waals surface area contributed by atoms with Crippen molar-refractivity contribution in [2.45, 2.75) is 5.92 Å². The van der Waals surface area contributed by atoms with Crippen molar-refractivity contribution >= 4 is 10.9 Å². The minimum atomic E-state index is -0.604. The van der Waals surface area contributed by atoms with E-state index in [2.05, 4.69) is 6.07 Å². The fourth-order valence-electron chi connectivity index (χ4n) is 3.56. The Balaban J connectivity index is 2.07. The molecule has 1 aromatic heterocycles. The zero-order valence-corrected chi connectivity index (χ0v) is 14.9. The third kappa shape index (κ3) is 2.44. The highest BCUT2D eigenvalue weighted by molar-refractivity contribution is 5.88. The molecule has 0 radical (unpaired) electrons. The van der Waals surface area contributed by atoms with E-state index >= 15 is 0 Å².